The Balaban J connectivity index is 0.00000289. The second-order valence-corrected chi connectivity index (χ2v) is 7.90. The quantitative estimate of drug-likeness (QED) is 0.495. The molecule has 3 aromatic carbocycles. The molecule has 0 unspecified atom stereocenters. The fourth-order valence-electron chi connectivity index (χ4n) is 3.54. The van der Waals surface area contributed by atoms with Gasteiger partial charge in [-0.05, 0) is 42.0 Å². The number of carboxylic acids is 1. The minimum atomic E-state index is -1.33. The molecule has 1 aliphatic heterocycles. The van der Waals surface area contributed by atoms with E-state index in [-0.39, 0.29) is 65.6 Å². The van der Waals surface area contributed by atoms with Gasteiger partial charge < -0.3 is 19.5 Å². The molecule has 0 atom stereocenters. The van der Waals surface area contributed by atoms with Crippen LogP contribution in [0.4, 0.5) is 10.1 Å². The van der Waals surface area contributed by atoms with Crippen LogP contribution in [0.25, 0.3) is 0 Å². The Bertz CT molecular complexity index is 1200. The molecule has 32 heavy (non-hydrogen) atoms. The van der Waals surface area contributed by atoms with Crippen LogP contribution in [-0.4, -0.2) is 11.9 Å². The first-order valence-corrected chi connectivity index (χ1v) is 10.1. The number of anilines is 1. The SMILES string of the molecule is O=C([O-])c1cccc2c1CC(=O)N2Cc1cc(Cl)ccc1OCc1ccc(Cl)cc1F.[Na+]. The number of carbonyl (C=O) groups excluding carboxylic acids is 2. The number of nitrogens with zero attached hydrogens (tertiary/aromatic N) is 1. The summed E-state index contributed by atoms with van der Waals surface area (Å²) in [5.74, 6) is -1.64. The summed E-state index contributed by atoms with van der Waals surface area (Å²) in [6, 6.07) is 13.9. The van der Waals surface area contributed by atoms with Crippen LogP contribution in [0.15, 0.2) is 54.6 Å². The van der Waals surface area contributed by atoms with E-state index in [1.54, 1.807) is 36.4 Å². The number of hydrogen-bond acceptors (Lipinski definition) is 4. The van der Waals surface area contributed by atoms with E-state index in [4.69, 9.17) is 27.9 Å². The first-order chi connectivity index (χ1) is 14.8. The first-order valence-electron chi connectivity index (χ1n) is 9.32. The normalized spacial score (nSPS) is 12.3. The van der Waals surface area contributed by atoms with E-state index in [9.17, 15) is 19.1 Å². The Kier molecular flexibility index (Phi) is 7.85. The molecule has 0 fully saturated rings. The van der Waals surface area contributed by atoms with Crippen LogP contribution < -0.4 is 44.3 Å². The molecular formula is C23H15Cl2FNNaO4. The smallest absolute Gasteiger partial charge is 0.545 e. The summed E-state index contributed by atoms with van der Waals surface area (Å²) in [5.41, 5.74) is 1.84. The molecule has 0 N–H and O–H groups in total. The zero-order valence-corrected chi connectivity index (χ0v) is 20.5. The maximum Gasteiger partial charge on any atom is 1.00 e. The van der Waals surface area contributed by atoms with Gasteiger partial charge in [0, 0.05) is 32.4 Å². The molecule has 0 bridgehead atoms. The number of amides is 1. The summed E-state index contributed by atoms with van der Waals surface area (Å²) >= 11 is 11.9. The van der Waals surface area contributed by atoms with Gasteiger partial charge in [-0.15, -0.1) is 0 Å². The maximum atomic E-state index is 14.1. The fourth-order valence-corrected chi connectivity index (χ4v) is 3.89. The number of benzene rings is 3. The summed E-state index contributed by atoms with van der Waals surface area (Å²) in [6.07, 6.45) is -0.0355. The van der Waals surface area contributed by atoms with Gasteiger partial charge in [0.1, 0.15) is 18.2 Å². The molecule has 4 rings (SSSR count). The molecular weight excluding hydrogens is 467 g/mol. The Morgan fingerprint density at radius 3 is 2.50 bits per heavy atom. The van der Waals surface area contributed by atoms with E-state index >= 15 is 0 Å². The minimum absolute atomic E-state index is 0. The van der Waals surface area contributed by atoms with Crippen molar-refractivity contribution < 1.29 is 53.4 Å². The third kappa shape index (κ3) is 5.11. The molecule has 0 saturated carbocycles. The van der Waals surface area contributed by atoms with Crippen LogP contribution in [0, 0.1) is 5.82 Å². The number of halogens is 3. The Morgan fingerprint density at radius 1 is 1.06 bits per heavy atom. The molecule has 0 spiro atoms. The van der Waals surface area contributed by atoms with Crippen molar-refractivity contribution in [1.29, 1.82) is 0 Å². The number of rotatable bonds is 6. The molecule has 0 radical (unpaired) electrons. The standard InChI is InChI=1S/C23H16Cl2FNO4.Na/c24-15-6-7-21(31-12-13-4-5-16(25)9-19(13)26)14(8-15)11-27-20-3-1-2-17(23(29)30)18(20)10-22(27)28;/h1-9H,10-12H2,(H,29,30);/q;+1/p-1. The molecule has 0 aliphatic carbocycles. The van der Waals surface area contributed by atoms with Gasteiger partial charge in [-0.25, -0.2) is 4.39 Å². The predicted molar refractivity (Wildman–Crippen MR) is 113 cm³/mol. The van der Waals surface area contributed by atoms with E-state index in [1.807, 2.05) is 0 Å². The number of ether oxygens (including phenoxy) is 1. The van der Waals surface area contributed by atoms with Crippen LogP contribution in [0.1, 0.15) is 27.0 Å². The summed E-state index contributed by atoms with van der Waals surface area (Å²) < 4.78 is 19.9. The number of fused-ring (bicyclic) bond motifs is 1. The third-order valence-electron chi connectivity index (χ3n) is 5.04. The van der Waals surface area contributed by atoms with E-state index in [1.165, 1.54) is 23.1 Å². The molecule has 1 aliphatic rings. The predicted octanol–water partition coefficient (Wildman–Crippen LogP) is 1.17. The Hall–Kier alpha value is -2.09. The largest absolute Gasteiger partial charge is 1.00 e. The van der Waals surface area contributed by atoms with Gasteiger partial charge in [0.2, 0.25) is 5.91 Å². The molecule has 0 saturated heterocycles. The van der Waals surface area contributed by atoms with Crippen molar-refractivity contribution in [3.63, 3.8) is 0 Å². The van der Waals surface area contributed by atoms with E-state index in [0.29, 0.717) is 33.1 Å². The van der Waals surface area contributed by atoms with Crippen molar-refractivity contribution >= 4 is 40.8 Å². The Morgan fingerprint density at radius 2 is 1.78 bits per heavy atom. The van der Waals surface area contributed by atoms with Crippen molar-refractivity contribution in [3.05, 3.63) is 92.7 Å². The number of carboxylic acid groups (broad SMARTS) is 1. The summed E-state index contributed by atoms with van der Waals surface area (Å²) in [5, 5.41) is 12.1. The van der Waals surface area contributed by atoms with Gasteiger partial charge in [-0.2, -0.15) is 0 Å². The van der Waals surface area contributed by atoms with Crippen molar-refractivity contribution in [2.75, 3.05) is 4.90 Å². The van der Waals surface area contributed by atoms with Crippen LogP contribution in [-0.2, 0) is 24.4 Å². The van der Waals surface area contributed by atoms with Crippen LogP contribution >= 0.6 is 23.2 Å². The fraction of sp³-hybridized carbons (Fsp3) is 0.130. The maximum absolute atomic E-state index is 14.1. The number of hydrogen-bond donors (Lipinski definition) is 0. The van der Waals surface area contributed by atoms with Crippen LogP contribution in [0.3, 0.4) is 0 Å². The van der Waals surface area contributed by atoms with Crippen molar-refractivity contribution in [2.45, 2.75) is 19.6 Å². The van der Waals surface area contributed by atoms with Crippen LogP contribution in [0.2, 0.25) is 10.0 Å². The monoisotopic (exact) mass is 481 g/mol. The molecule has 0 aromatic heterocycles. The summed E-state index contributed by atoms with van der Waals surface area (Å²) in [4.78, 5) is 25.5. The molecule has 158 valence electrons. The Labute approximate surface area is 216 Å². The molecule has 1 heterocycles. The van der Waals surface area contributed by atoms with Gasteiger partial charge in [0.15, 0.2) is 0 Å². The van der Waals surface area contributed by atoms with Crippen molar-refractivity contribution in [2.24, 2.45) is 0 Å². The topological polar surface area (TPSA) is 69.7 Å². The minimum Gasteiger partial charge on any atom is -0.545 e. The van der Waals surface area contributed by atoms with E-state index in [0.717, 1.165) is 0 Å². The zero-order chi connectivity index (χ0) is 22.1. The molecule has 3 aromatic rings. The van der Waals surface area contributed by atoms with Gasteiger partial charge >= 0.3 is 29.6 Å². The van der Waals surface area contributed by atoms with Gasteiger partial charge in [-0.1, -0.05) is 41.4 Å². The van der Waals surface area contributed by atoms with E-state index < -0.39 is 11.8 Å². The van der Waals surface area contributed by atoms with Crippen molar-refractivity contribution in [3.8, 4) is 5.75 Å². The number of carbonyl (C=O) groups is 2. The second kappa shape index (κ2) is 10.2. The summed E-state index contributed by atoms with van der Waals surface area (Å²) in [6.45, 7) is 0.0678. The van der Waals surface area contributed by atoms with Gasteiger partial charge in [-0.3, -0.25) is 4.79 Å². The zero-order valence-electron chi connectivity index (χ0n) is 17.0. The number of aromatic carboxylic acids is 1. The molecule has 9 heteroatoms. The van der Waals surface area contributed by atoms with Gasteiger partial charge in [0.05, 0.1) is 18.9 Å². The third-order valence-corrected chi connectivity index (χ3v) is 5.51. The first kappa shape index (κ1) is 24.6. The van der Waals surface area contributed by atoms with Crippen LogP contribution in [0.5, 0.6) is 5.75 Å². The molecule has 1 amide bonds. The van der Waals surface area contributed by atoms with Crippen molar-refractivity contribution in [1.82, 2.24) is 0 Å². The average molecular weight is 482 g/mol. The molecule has 5 nitrogen and oxygen atoms in total. The van der Waals surface area contributed by atoms with E-state index in [2.05, 4.69) is 0 Å². The summed E-state index contributed by atoms with van der Waals surface area (Å²) in [7, 11) is 0. The average Bonchev–Trinajstić information content (AvgIpc) is 3.03. The van der Waals surface area contributed by atoms with Gasteiger partial charge in [0.25, 0.3) is 0 Å². The second-order valence-electron chi connectivity index (χ2n) is 7.02.